The fourth-order valence-electron chi connectivity index (χ4n) is 1.77. The smallest absolute Gasteiger partial charge is 0.231 e. The van der Waals surface area contributed by atoms with Gasteiger partial charge in [0.25, 0.3) is 0 Å². The zero-order valence-electron chi connectivity index (χ0n) is 8.40. The minimum Gasteiger partial charge on any atom is -0.369 e. The molecule has 0 fully saturated rings. The molecular formula is C11H14N2OS. The summed E-state index contributed by atoms with van der Waals surface area (Å²) in [5.74, 6) is 1.76. The van der Waals surface area contributed by atoms with Crippen molar-refractivity contribution in [1.82, 2.24) is 5.32 Å². The number of rotatable bonds is 3. The van der Waals surface area contributed by atoms with Crippen LogP contribution in [0.25, 0.3) is 0 Å². The number of fused-ring (bicyclic) bond motifs is 1. The van der Waals surface area contributed by atoms with E-state index in [-0.39, 0.29) is 18.5 Å². The van der Waals surface area contributed by atoms with E-state index >= 15 is 0 Å². The number of carbonyl (C=O) groups is 1. The van der Waals surface area contributed by atoms with Crippen LogP contribution in [0.5, 0.6) is 0 Å². The number of amides is 1. The Kier molecular flexibility index (Phi) is 3.28. The molecule has 1 aromatic carbocycles. The zero-order valence-corrected chi connectivity index (χ0v) is 9.22. The molecule has 4 heteroatoms. The van der Waals surface area contributed by atoms with Gasteiger partial charge >= 0.3 is 0 Å². The number of hydrogen-bond acceptors (Lipinski definition) is 3. The largest absolute Gasteiger partial charge is 0.369 e. The monoisotopic (exact) mass is 222 g/mol. The van der Waals surface area contributed by atoms with E-state index in [9.17, 15) is 4.79 Å². The van der Waals surface area contributed by atoms with Crippen LogP contribution in [0.3, 0.4) is 0 Å². The lowest BCUT2D eigenvalue weighted by Crippen LogP contribution is -2.34. The fourth-order valence-corrected chi connectivity index (χ4v) is 2.91. The van der Waals surface area contributed by atoms with Crippen LogP contribution in [0.4, 0.5) is 0 Å². The van der Waals surface area contributed by atoms with Gasteiger partial charge in [-0.1, -0.05) is 24.3 Å². The molecule has 3 nitrogen and oxygen atoms in total. The van der Waals surface area contributed by atoms with Crippen molar-refractivity contribution >= 4 is 17.7 Å². The Balaban J connectivity index is 2.11. The summed E-state index contributed by atoms with van der Waals surface area (Å²) < 4.78 is 0. The topological polar surface area (TPSA) is 55.1 Å². The quantitative estimate of drug-likeness (QED) is 0.803. The van der Waals surface area contributed by atoms with Gasteiger partial charge in [0.15, 0.2) is 0 Å². The van der Waals surface area contributed by atoms with Crippen molar-refractivity contribution < 1.29 is 4.79 Å². The summed E-state index contributed by atoms with van der Waals surface area (Å²) in [5, 5.41) is 3.18. The average Bonchev–Trinajstić information content (AvgIpc) is 2.26. The Morgan fingerprint density at radius 3 is 3.13 bits per heavy atom. The number of carbonyl (C=O) groups excluding carboxylic acids is 1. The molecule has 0 spiro atoms. The van der Waals surface area contributed by atoms with Gasteiger partial charge in [-0.05, 0) is 11.1 Å². The Morgan fingerprint density at radius 2 is 2.33 bits per heavy atom. The first kappa shape index (κ1) is 10.5. The number of hydrogen-bond donors (Lipinski definition) is 2. The molecule has 1 aromatic rings. The number of nitrogens with one attached hydrogen (secondary N) is 1. The highest BCUT2D eigenvalue weighted by Gasteiger charge is 2.19. The van der Waals surface area contributed by atoms with Crippen molar-refractivity contribution in [2.75, 3.05) is 12.3 Å². The summed E-state index contributed by atoms with van der Waals surface area (Å²) in [6, 6.07) is 8.60. The van der Waals surface area contributed by atoms with Gasteiger partial charge in [0.2, 0.25) is 5.91 Å². The summed E-state index contributed by atoms with van der Waals surface area (Å²) in [4.78, 5) is 10.7. The predicted molar refractivity (Wildman–Crippen MR) is 62.5 cm³/mol. The van der Waals surface area contributed by atoms with Crippen LogP contribution >= 0.6 is 11.8 Å². The second kappa shape index (κ2) is 4.68. The lowest BCUT2D eigenvalue weighted by molar-refractivity contribution is -0.117. The molecule has 0 saturated heterocycles. The zero-order chi connectivity index (χ0) is 10.7. The molecule has 1 amide bonds. The van der Waals surface area contributed by atoms with E-state index in [0.29, 0.717) is 0 Å². The van der Waals surface area contributed by atoms with Gasteiger partial charge in [-0.2, -0.15) is 11.8 Å². The Bertz CT molecular complexity index is 367. The minimum absolute atomic E-state index is 0.250. The van der Waals surface area contributed by atoms with Crippen molar-refractivity contribution in [3.8, 4) is 0 Å². The summed E-state index contributed by atoms with van der Waals surface area (Å²) in [7, 11) is 0. The standard InChI is InChI=1S/C11H14N2OS/c12-11(14)5-13-10-7-15-6-8-3-1-2-4-9(8)10/h1-4,10,13H,5-7H2,(H2,12,14). The van der Waals surface area contributed by atoms with Gasteiger partial charge in [0.1, 0.15) is 0 Å². The van der Waals surface area contributed by atoms with Gasteiger partial charge in [0.05, 0.1) is 6.54 Å². The van der Waals surface area contributed by atoms with Gasteiger partial charge in [0, 0.05) is 17.5 Å². The molecule has 0 aromatic heterocycles. The lowest BCUT2D eigenvalue weighted by Gasteiger charge is -2.25. The van der Waals surface area contributed by atoms with Gasteiger partial charge in [-0.3, -0.25) is 4.79 Å². The molecule has 2 rings (SSSR count). The van der Waals surface area contributed by atoms with Crippen LogP contribution in [-0.4, -0.2) is 18.2 Å². The van der Waals surface area contributed by atoms with Crippen LogP contribution in [0.1, 0.15) is 17.2 Å². The second-order valence-electron chi connectivity index (χ2n) is 3.61. The highest BCUT2D eigenvalue weighted by Crippen LogP contribution is 2.31. The molecular weight excluding hydrogens is 208 g/mol. The van der Waals surface area contributed by atoms with E-state index in [1.807, 2.05) is 17.8 Å². The van der Waals surface area contributed by atoms with E-state index in [4.69, 9.17) is 5.73 Å². The van der Waals surface area contributed by atoms with Crippen molar-refractivity contribution in [2.24, 2.45) is 5.73 Å². The maximum atomic E-state index is 10.7. The maximum Gasteiger partial charge on any atom is 0.231 e. The van der Waals surface area contributed by atoms with Crippen LogP contribution in [-0.2, 0) is 10.5 Å². The molecule has 0 aliphatic carbocycles. The molecule has 0 bridgehead atoms. The fraction of sp³-hybridized carbons (Fsp3) is 0.364. The molecule has 0 radical (unpaired) electrons. The van der Waals surface area contributed by atoms with Gasteiger partial charge in [-0.25, -0.2) is 0 Å². The molecule has 3 N–H and O–H groups in total. The van der Waals surface area contributed by atoms with E-state index in [1.165, 1.54) is 11.1 Å². The first-order chi connectivity index (χ1) is 7.27. The number of benzene rings is 1. The summed E-state index contributed by atoms with van der Waals surface area (Å²) in [5.41, 5.74) is 7.78. The SMILES string of the molecule is NC(=O)CNC1CSCc2ccccc21. The van der Waals surface area contributed by atoms with E-state index < -0.39 is 0 Å². The van der Waals surface area contributed by atoms with Gasteiger partial charge < -0.3 is 11.1 Å². The van der Waals surface area contributed by atoms with E-state index in [2.05, 4.69) is 23.5 Å². The Hall–Kier alpha value is -1.00. The summed E-state index contributed by atoms with van der Waals surface area (Å²) in [6.07, 6.45) is 0. The number of primary amides is 1. The van der Waals surface area contributed by atoms with Crippen LogP contribution in [0, 0.1) is 0 Å². The molecule has 1 atom stereocenters. The molecule has 80 valence electrons. The normalized spacial score (nSPS) is 19.6. The Labute approximate surface area is 93.4 Å². The van der Waals surface area contributed by atoms with Gasteiger partial charge in [-0.15, -0.1) is 0 Å². The molecule has 0 saturated carbocycles. The van der Waals surface area contributed by atoms with E-state index in [0.717, 1.165) is 11.5 Å². The third-order valence-corrected chi connectivity index (χ3v) is 3.58. The van der Waals surface area contributed by atoms with Crippen LogP contribution in [0.15, 0.2) is 24.3 Å². The van der Waals surface area contributed by atoms with E-state index in [1.54, 1.807) is 0 Å². The third kappa shape index (κ3) is 2.52. The lowest BCUT2D eigenvalue weighted by atomic mass is 10.0. The second-order valence-corrected chi connectivity index (χ2v) is 4.64. The highest BCUT2D eigenvalue weighted by atomic mass is 32.2. The molecule has 1 aliphatic rings. The minimum atomic E-state index is -0.303. The Morgan fingerprint density at radius 1 is 1.53 bits per heavy atom. The number of nitrogens with two attached hydrogens (primary N) is 1. The molecule has 1 heterocycles. The van der Waals surface area contributed by atoms with Crippen molar-refractivity contribution in [1.29, 1.82) is 0 Å². The summed E-state index contributed by atoms with van der Waals surface area (Å²) in [6.45, 7) is 0.250. The summed E-state index contributed by atoms with van der Waals surface area (Å²) >= 11 is 1.88. The third-order valence-electron chi connectivity index (χ3n) is 2.50. The molecule has 15 heavy (non-hydrogen) atoms. The van der Waals surface area contributed by atoms with Crippen molar-refractivity contribution in [2.45, 2.75) is 11.8 Å². The first-order valence-corrected chi connectivity index (χ1v) is 6.10. The predicted octanol–water partition coefficient (Wildman–Crippen LogP) is 1.05. The molecule has 1 unspecified atom stereocenters. The van der Waals surface area contributed by atoms with Crippen molar-refractivity contribution in [3.63, 3.8) is 0 Å². The van der Waals surface area contributed by atoms with Crippen LogP contribution < -0.4 is 11.1 Å². The maximum absolute atomic E-state index is 10.7. The average molecular weight is 222 g/mol. The highest BCUT2D eigenvalue weighted by molar-refractivity contribution is 7.98. The molecule has 1 aliphatic heterocycles. The first-order valence-electron chi connectivity index (χ1n) is 4.94. The number of thioether (sulfide) groups is 1. The van der Waals surface area contributed by atoms with Crippen LogP contribution in [0.2, 0.25) is 0 Å². The van der Waals surface area contributed by atoms with Crippen molar-refractivity contribution in [3.05, 3.63) is 35.4 Å².